The molecular formula is C20H16N2O4. The van der Waals surface area contributed by atoms with Crippen LogP contribution in [0.1, 0.15) is 20.7 Å². The molecule has 3 aromatic carbocycles. The van der Waals surface area contributed by atoms with E-state index < -0.39 is 11.8 Å². The van der Waals surface area contributed by atoms with Gasteiger partial charge in [0, 0.05) is 5.56 Å². The number of rotatable bonds is 4. The third-order valence-corrected chi connectivity index (χ3v) is 3.50. The molecule has 3 rings (SSSR count). The van der Waals surface area contributed by atoms with Crippen LogP contribution < -0.4 is 15.6 Å². The van der Waals surface area contributed by atoms with E-state index in [9.17, 15) is 14.7 Å². The van der Waals surface area contributed by atoms with E-state index >= 15 is 0 Å². The number of phenolic OH excluding ortho intramolecular Hbond substituents is 1. The average molecular weight is 348 g/mol. The van der Waals surface area contributed by atoms with Gasteiger partial charge in [0.25, 0.3) is 11.8 Å². The maximum absolute atomic E-state index is 12.4. The Morgan fingerprint density at radius 1 is 0.769 bits per heavy atom. The van der Waals surface area contributed by atoms with E-state index in [1.165, 1.54) is 24.3 Å². The highest BCUT2D eigenvalue weighted by atomic mass is 16.5. The lowest BCUT2D eigenvalue weighted by atomic mass is 10.2. The standard InChI is InChI=1S/C20H16N2O4/c23-15-8-6-7-14(13-15)19(24)21-22-20(25)17-11-4-5-12-18(17)26-16-9-2-1-3-10-16/h1-13,23H,(H,21,24)(H,22,25). The monoisotopic (exact) mass is 348 g/mol. The molecule has 26 heavy (non-hydrogen) atoms. The summed E-state index contributed by atoms with van der Waals surface area (Å²) >= 11 is 0. The minimum Gasteiger partial charge on any atom is -0.508 e. The minimum atomic E-state index is -0.546. The Bertz CT molecular complexity index is 926. The maximum atomic E-state index is 12.4. The largest absolute Gasteiger partial charge is 0.508 e. The molecule has 130 valence electrons. The summed E-state index contributed by atoms with van der Waals surface area (Å²) in [6.45, 7) is 0. The first-order chi connectivity index (χ1) is 12.6. The predicted octanol–water partition coefficient (Wildman–Crippen LogP) is 3.26. The summed E-state index contributed by atoms with van der Waals surface area (Å²) < 4.78 is 5.73. The number of hydrogen-bond acceptors (Lipinski definition) is 4. The van der Waals surface area contributed by atoms with Crippen molar-refractivity contribution in [1.29, 1.82) is 0 Å². The number of phenols is 1. The van der Waals surface area contributed by atoms with E-state index in [1.54, 1.807) is 36.4 Å². The molecule has 6 heteroatoms. The molecule has 3 aromatic rings. The van der Waals surface area contributed by atoms with Crippen molar-refractivity contribution in [3.05, 3.63) is 90.0 Å². The second kappa shape index (κ2) is 7.85. The molecule has 0 aromatic heterocycles. The molecule has 0 spiro atoms. The Labute approximate surface area is 150 Å². The van der Waals surface area contributed by atoms with Gasteiger partial charge in [0.2, 0.25) is 0 Å². The molecule has 0 aliphatic rings. The van der Waals surface area contributed by atoms with Crippen LogP contribution in [0, 0.1) is 0 Å². The number of carbonyl (C=O) groups excluding carboxylic acids is 2. The van der Waals surface area contributed by atoms with Gasteiger partial charge < -0.3 is 9.84 Å². The predicted molar refractivity (Wildman–Crippen MR) is 96.0 cm³/mol. The highest BCUT2D eigenvalue weighted by molar-refractivity contribution is 6.00. The van der Waals surface area contributed by atoms with Crippen molar-refractivity contribution < 1.29 is 19.4 Å². The van der Waals surface area contributed by atoms with Crippen molar-refractivity contribution in [1.82, 2.24) is 10.9 Å². The zero-order valence-electron chi connectivity index (χ0n) is 13.7. The van der Waals surface area contributed by atoms with Crippen LogP contribution >= 0.6 is 0 Å². The summed E-state index contributed by atoms with van der Waals surface area (Å²) in [4.78, 5) is 24.4. The zero-order valence-corrected chi connectivity index (χ0v) is 13.7. The first-order valence-corrected chi connectivity index (χ1v) is 7.85. The normalized spacial score (nSPS) is 10.0. The third kappa shape index (κ3) is 4.18. The van der Waals surface area contributed by atoms with E-state index in [2.05, 4.69) is 10.9 Å². The summed E-state index contributed by atoms with van der Waals surface area (Å²) in [7, 11) is 0. The Hall–Kier alpha value is -3.80. The molecule has 0 saturated heterocycles. The maximum Gasteiger partial charge on any atom is 0.273 e. The summed E-state index contributed by atoms with van der Waals surface area (Å²) in [5.74, 6) is -0.148. The van der Waals surface area contributed by atoms with Gasteiger partial charge in [-0.2, -0.15) is 0 Å². The first-order valence-electron chi connectivity index (χ1n) is 7.85. The molecule has 0 aliphatic carbocycles. The SMILES string of the molecule is O=C(NNC(=O)c1ccccc1Oc1ccccc1)c1cccc(O)c1. The second-order valence-electron chi connectivity index (χ2n) is 5.37. The van der Waals surface area contributed by atoms with Crippen LogP contribution in [0.25, 0.3) is 0 Å². The van der Waals surface area contributed by atoms with Crippen molar-refractivity contribution in [3.63, 3.8) is 0 Å². The topological polar surface area (TPSA) is 87.7 Å². The van der Waals surface area contributed by atoms with Crippen LogP contribution in [0.15, 0.2) is 78.9 Å². The van der Waals surface area contributed by atoms with Crippen molar-refractivity contribution in [2.24, 2.45) is 0 Å². The Kier molecular flexibility index (Phi) is 5.14. The fourth-order valence-corrected chi connectivity index (χ4v) is 2.26. The van der Waals surface area contributed by atoms with Crippen LogP contribution in [-0.4, -0.2) is 16.9 Å². The van der Waals surface area contributed by atoms with E-state index in [-0.39, 0.29) is 16.9 Å². The van der Waals surface area contributed by atoms with Gasteiger partial charge in [-0.1, -0.05) is 36.4 Å². The smallest absolute Gasteiger partial charge is 0.273 e. The fourth-order valence-electron chi connectivity index (χ4n) is 2.26. The first kappa shape index (κ1) is 17.0. The van der Waals surface area contributed by atoms with Crippen molar-refractivity contribution >= 4 is 11.8 Å². The van der Waals surface area contributed by atoms with Crippen molar-refractivity contribution in [2.75, 3.05) is 0 Å². The van der Waals surface area contributed by atoms with E-state index in [0.29, 0.717) is 11.5 Å². The van der Waals surface area contributed by atoms with Gasteiger partial charge >= 0.3 is 0 Å². The zero-order chi connectivity index (χ0) is 18.4. The Morgan fingerprint density at radius 2 is 1.46 bits per heavy atom. The average Bonchev–Trinajstić information content (AvgIpc) is 2.67. The molecule has 3 N–H and O–H groups in total. The molecule has 0 aliphatic heterocycles. The van der Waals surface area contributed by atoms with Crippen molar-refractivity contribution in [3.8, 4) is 17.2 Å². The van der Waals surface area contributed by atoms with Gasteiger partial charge in [-0.25, -0.2) is 0 Å². The van der Waals surface area contributed by atoms with Gasteiger partial charge in [0.1, 0.15) is 17.2 Å². The number of nitrogens with one attached hydrogen (secondary N) is 2. The Morgan fingerprint density at radius 3 is 2.23 bits per heavy atom. The van der Waals surface area contributed by atoms with Crippen LogP contribution in [0.2, 0.25) is 0 Å². The van der Waals surface area contributed by atoms with Gasteiger partial charge in [-0.3, -0.25) is 20.4 Å². The molecule has 0 atom stereocenters. The number of para-hydroxylation sites is 2. The number of aromatic hydroxyl groups is 1. The summed E-state index contributed by atoms with van der Waals surface area (Å²) in [6.07, 6.45) is 0. The summed E-state index contributed by atoms with van der Waals surface area (Å²) in [5.41, 5.74) is 5.15. The summed E-state index contributed by atoms with van der Waals surface area (Å²) in [6, 6.07) is 21.6. The minimum absolute atomic E-state index is 0.0365. The molecular weight excluding hydrogens is 332 g/mol. The van der Waals surface area contributed by atoms with Crippen LogP contribution in [-0.2, 0) is 0 Å². The lowest BCUT2D eigenvalue weighted by Crippen LogP contribution is -2.41. The van der Waals surface area contributed by atoms with Gasteiger partial charge in [-0.15, -0.1) is 0 Å². The van der Waals surface area contributed by atoms with Gasteiger partial charge in [0.05, 0.1) is 5.56 Å². The summed E-state index contributed by atoms with van der Waals surface area (Å²) in [5, 5.41) is 9.41. The highest BCUT2D eigenvalue weighted by Gasteiger charge is 2.14. The number of carbonyl (C=O) groups is 2. The second-order valence-corrected chi connectivity index (χ2v) is 5.37. The van der Waals surface area contributed by atoms with E-state index in [0.717, 1.165) is 0 Å². The van der Waals surface area contributed by atoms with Crippen LogP contribution in [0.4, 0.5) is 0 Å². The fraction of sp³-hybridized carbons (Fsp3) is 0. The van der Waals surface area contributed by atoms with Gasteiger partial charge in [-0.05, 0) is 42.5 Å². The molecule has 0 heterocycles. The Balaban J connectivity index is 1.69. The molecule has 0 saturated carbocycles. The number of hydrogen-bond donors (Lipinski definition) is 3. The number of benzene rings is 3. The molecule has 2 amide bonds. The number of ether oxygens (including phenoxy) is 1. The van der Waals surface area contributed by atoms with Crippen LogP contribution in [0.3, 0.4) is 0 Å². The quantitative estimate of drug-likeness (QED) is 0.632. The van der Waals surface area contributed by atoms with Crippen LogP contribution in [0.5, 0.6) is 17.2 Å². The van der Waals surface area contributed by atoms with Gasteiger partial charge in [0.15, 0.2) is 0 Å². The lowest BCUT2D eigenvalue weighted by molar-refractivity contribution is 0.0845. The van der Waals surface area contributed by atoms with E-state index in [4.69, 9.17) is 4.74 Å². The lowest BCUT2D eigenvalue weighted by Gasteiger charge is -2.12. The molecule has 0 fully saturated rings. The molecule has 6 nitrogen and oxygen atoms in total. The molecule has 0 bridgehead atoms. The molecule has 0 unspecified atom stereocenters. The number of hydrazine groups is 1. The molecule has 0 radical (unpaired) electrons. The highest BCUT2D eigenvalue weighted by Crippen LogP contribution is 2.24. The third-order valence-electron chi connectivity index (χ3n) is 3.50. The van der Waals surface area contributed by atoms with E-state index in [1.807, 2.05) is 18.2 Å². The van der Waals surface area contributed by atoms with Crippen molar-refractivity contribution in [2.45, 2.75) is 0 Å². The number of amides is 2.